The minimum atomic E-state index is -2.92. The fraction of sp³-hybridized carbons (Fsp3) is 0.286. The van der Waals surface area contributed by atoms with Crippen molar-refractivity contribution in [2.45, 2.75) is 24.8 Å². The molecule has 3 rings (SSSR count). The van der Waals surface area contributed by atoms with Crippen molar-refractivity contribution >= 4 is 44.6 Å². The van der Waals surface area contributed by atoms with Crippen LogP contribution in [0.2, 0.25) is 0 Å². The number of amides is 1. The first-order chi connectivity index (χ1) is 15.3. The number of carbonyl (C=O) groups is 1. The van der Waals surface area contributed by atoms with Crippen molar-refractivity contribution in [3.8, 4) is 10.4 Å². The van der Waals surface area contributed by atoms with Gasteiger partial charge in [0.2, 0.25) is 5.95 Å². The van der Waals surface area contributed by atoms with E-state index in [1.165, 1.54) is 6.26 Å². The maximum absolute atomic E-state index is 12.7. The molecule has 0 fully saturated rings. The second kappa shape index (κ2) is 10.5. The quantitative estimate of drug-likeness (QED) is 0.439. The summed E-state index contributed by atoms with van der Waals surface area (Å²) in [5, 5.41) is 17.9. The summed E-state index contributed by atoms with van der Waals surface area (Å²) in [6.07, 6.45) is 1.73. The molecule has 0 radical (unpaired) electrons. The van der Waals surface area contributed by atoms with Crippen LogP contribution in [0, 0.1) is 0 Å². The van der Waals surface area contributed by atoms with E-state index in [9.17, 15) is 14.1 Å². The lowest BCUT2D eigenvalue weighted by molar-refractivity contribution is 0.164. The second-order valence-electron chi connectivity index (χ2n) is 6.91. The van der Waals surface area contributed by atoms with Gasteiger partial charge in [-0.3, -0.25) is 0 Å². The molecule has 9 nitrogen and oxygen atoms in total. The number of ether oxygens (including phenoxy) is 1. The molecular formula is C21H25N5O4S2. The van der Waals surface area contributed by atoms with E-state index in [1.807, 2.05) is 17.5 Å². The fourth-order valence-corrected chi connectivity index (χ4v) is 4.52. The Bertz CT molecular complexity index is 1170. The van der Waals surface area contributed by atoms with Gasteiger partial charge in [0, 0.05) is 34.5 Å². The Morgan fingerprint density at radius 2 is 2.06 bits per heavy atom. The third kappa shape index (κ3) is 6.25. The van der Waals surface area contributed by atoms with E-state index in [0.29, 0.717) is 28.9 Å². The molecule has 1 unspecified atom stereocenters. The van der Waals surface area contributed by atoms with Crippen LogP contribution in [0.15, 0.2) is 57.2 Å². The van der Waals surface area contributed by atoms with Gasteiger partial charge < -0.3 is 20.5 Å². The van der Waals surface area contributed by atoms with Gasteiger partial charge in [-0.1, -0.05) is 6.07 Å². The Morgan fingerprint density at radius 3 is 2.69 bits per heavy atom. The standard InChI is InChI=1S/C21H25N5O4S2/c1-4-30-21(28)26-32(3,29)16-9-7-15(8-10-16)24-20-23-13-17(18-6-5-11-31-18)19(25-20)22-12-14(2)27/h5-11,13-14,27H,4,12H2,1-3H3,(H2,22,23,24,25)/t14-,32?/m0/s1. The molecule has 3 aromatic rings. The van der Waals surface area contributed by atoms with Crippen LogP contribution in [0.5, 0.6) is 0 Å². The predicted molar refractivity (Wildman–Crippen MR) is 127 cm³/mol. The summed E-state index contributed by atoms with van der Waals surface area (Å²) in [5.74, 6) is 0.965. The minimum absolute atomic E-state index is 0.167. The maximum Gasteiger partial charge on any atom is 0.442 e. The summed E-state index contributed by atoms with van der Waals surface area (Å²) >= 11 is 1.57. The van der Waals surface area contributed by atoms with Gasteiger partial charge in [-0.25, -0.2) is 14.0 Å². The molecule has 0 spiro atoms. The predicted octanol–water partition coefficient (Wildman–Crippen LogP) is 4.35. The average molecular weight is 476 g/mol. The van der Waals surface area contributed by atoms with Crippen molar-refractivity contribution in [2.24, 2.45) is 4.36 Å². The zero-order chi connectivity index (χ0) is 23.1. The molecule has 0 aliphatic heterocycles. The summed E-state index contributed by atoms with van der Waals surface area (Å²) < 4.78 is 21.1. The summed E-state index contributed by atoms with van der Waals surface area (Å²) in [5.41, 5.74) is 1.51. The number of thiophene rings is 1. The van der Waals surface area contributed by atoms with Crippen molar-refractivity contribution in [1.82, 2.24) is 9.97 Å². The van der Waals surface area contributed by atoms with E-state index < -0.39 is 21.9 Å². The average Bonchev–Trinajstić information content (AvgIpc) is 3.27. The van der Waals surface area contributed by atoms with Crippen LogP contribution in [0.25, 0.3) is 10.4 Å². The van der Waals surface area contributed by atoms with E-state index in [0.717, 1.165) is 10.4 Å². The molecule has 170 valence electrons. The molecule has 1 amide bonds. The summed E-state index contributed by atoms with van der Waals surface area (Å²) in [4.78, 5) is 21.9. The van der Waals surface area contributed by atoms with E-state index >= 15 is 0 Å². The van der Waals surface area contributed by atoms with Crippen LogP contribution in [-0.2, 0) is 14.5 Å². The highest BCUT2D eigenvalue weighted by Gasteiger charge is 2.13. The molecule has 2 aromatic heterocycles. The van der Waals surface area contributed by atoms with Gasteiger partial charge in [-0.15, -0.1) is 15.7 Å². The third-order valence-corrected chi connectivity index (χ3v) is 6.75. The lowest BCUT2D eigenvalue weighted by Crippen LogP contribution is -2.17. The zero-order valence-electron chi connectivity index (χ0n) is 17.9. The number of nitrogens with one attached hydrogen (secondary N) is 2. The van der Waals surface area contributed by atoms with Gasteiger partial charge in [0.15, 0.2) is 0 Å². The number of aliphatic hydroxyl groups is 1. The van der Waals surface area contributed by atoms with Crippen LogP contribution in [0.4, 0.5) is 22.2 Å². The van der Waals surface area contributed by atoms with Crippen LogP contribution in [0.3, 0.4) is 0 Å². The Labute approximate surface area is 191 Å². The van der Waals surface area contributed by atoms with Crippen LogP contribution < -0.4 is 10.6 Å². The highest BCUT2D eigenvalue weighted by Crippen LogP contribution is 2.31. The number of aromatic nitrogens is 2. The number of carbonyl (C=O) groups excluding carboxylic acids is 1. The lowest BCUT2D eigenvalue weighted by Gasteiger charge is -2.13. The molecule has 11 heteroatoms. The highest BCUT2D eigenvalue weighted by atomic mass is 32.2. The number of hydrogen-bond donors (Lipinski definition) is 3. The lowest BCUT2D eigenvalue weighted by atomic mass is 10.2. The first-order valence-corrected chi connectivity index (χ1v) is 12.7. The normalized spacial score (nSPS) is 13.6. The van der Waals surface area contributed by atoms with E-state index in [2.05, 4.69) is 25.0 Å². The number of aliphatic hydroxyl groups excluding tert-OH is 1. The smallest absolute Gasteiger partial charge is 0.442 e. The third-order valence-electron chi connectivity index (χ3n) is 4.20. The fourth-order valence-electron chi connectivity index (χ4n) is 2.70. The van der Waals surface area contributed by atoms with E-state index in [1.54, 1.807) is 55.6 Å². The number of benzene rings is 1. The van der Waals surface area contributed by atoms with Gasteiger partial charge in [0.05, 0.1) is 28.0 Å². The molecule has 2 heterocycles. The topological polar surface area (TPSA) is 126 Å². The molecule has 0 saturated heterocycles. The van der Waals surface area contributed by atoms with Crippen molar-refractivity contribution < 1.29 is 18.8 Å². The van der Waals surface area contributed by atoms with Gasteiger partial charge in [0.1, 0.15) is 5.82 Å². The Balaban J connectivity index is 1.82. The summed E-state index contributed by atoms with van der Waals surface area (Å²) in [6, 6.07) is 10.6. The Kier molecular flexibility index (Phi) is 7.78. The van der Waals surface area contributed by atoms with E-state index in [4.69, 9.17) is 4.74 Å². The first kappa shape index (κ1) is 23.6. The highest BCUT2D eigenvalue weighted by molar-refractivity contribution is 7.93. The van der Waals surface area contributed by atoms with Crippen LogP contribution in [-0.4, -0.2) is 50.9 Å². The molecular weight excluding hydrogens is 450 g/mol. The molecule has 32 heavy (non-hydrogen) atoms. The van der Waals surface area contributed by atoms with Gasteiger partial charge in [0.25, 0.3) is 0 Å². The molecule has 3 N–H and O–H groups in total. The molecule has 0 aliphatic carbocycles. The Morgan fingerprint density at radius 1 is 1.31 bits per heavy atom. The summed E-state index contributed by atoms with van der Waals surface area (Å²) in [6.45, 7) is 3.86. The van der Waals surface area contributed by atoms with E-state index in [-0.39, 0.29) is 6.61 Å². The van der Waals surface area contributed by atoms with Gasteiger partial charge in [-0.2, -0.15) is 4.98 Å². The first-order valence-electron chi connectivity index (χ1n) is 9.87. The molecule has 2 atom stereocenters. The maximum atomic E-state index is 12.7. The minimum Gasteiger partial charge on any atom is -0.448 e. The summed E-state index contributed by atoms with van der Waals surface area (Å²) in [7, 11) is -2.92. The molecule has 0 saturated carbocycles. The van der Waals surface area contributed by atoms with Crippen molar-refractivity contribution in [2.75, 3.05) is 30.0 Å². The van der Waals surface area contributed by atoms with Crippen LogP contribution in [0.1, 0.15) is 13.8 Å². The molecule has 0 bridgehead atoms. The SMILES string of the molecule is CCOC(=O)N=S(C)(=O)c1ccc(Nc2ncc(-c3cccs3)c(NC[C@H](C)O)n2)cc1. The zero-order valence-corrected chi connectivity index (χ0v) is 19.6. The monoisotopic (exact) mass is 475 g/mol. The number of nitrogens with zero attached hydrogens (tertiary/aromatic N) is 3. The van der Waals surface area contributed by atoms with Crippen LogP contribution >= 0.6 is 11.3 Å². The van der Waals surface area contributed by atoms with Crippen molar-refractivity contribution in [1.29, 1.82) is 0 Å². The number of hydrogen-bond acceptors (Lipinski definition) is 9. The number of rotatable bonds is 8. The van der Waals surface area contributed by atoms with Gasteiger partial charge >= 0.3 is 6.09 Å². The largest absolute Gasteiger partial charge is 0.448 e. The molecule has 1 aromatic carbocycles. The van der Waals surface area contributed by atoms with Crippen molar-refractivity contribution in [3.05, 3.63) is 48.0 Å². The second-order valence-corrected chi connectivity index (χ2v) is 10.1. The molecule has 0 aliphatic rings. The number of anilines is 3. The Hall–Kier alpha value is -3.02. The van der Waals surface area contributed by atoms with Gasteiger partial charge in [-0.05, 0) is 49.6 Å². The van der Waals surface area contributed by atoms with Crippen molar-refractivity contribution in [3.63, 3.8) is 0 Å².